The number of ketones is 2. The summed E-state index contributed by atoms with van der Waals surface area (Å²) in [6.45, 7) is 5.07. The fraction of sp³-hybridized carbons (Fsp3) is 0.714. The van der Waals surface area contributed by atoms with Crippen molar-refractivity contribution in [2.24, 2.45) is 34.5 Å². The molecule has 2 N–H and O–H groups in total. The number of aliphatic hydroxyl groups is 2. The molecule has 0 amide bonds. The molecule has 0 aromatic carbocycles. The van der Waals surface area contributed by atoms with E-state index in [-0.39, 0.29) is 38.1 Å². The second kappa shape index (κ2) is 6.32. The summed E-state index contributed by atoms with van der Waals surface area (Å²) in [5.41, 5.74) is -7.17. The van der Waals surface area contributed by atoms with E-state index in [1.54, 1.807) is 32.1 Å². The molecule has 3 unspecified atom stereocenters. The van der Waals surface area contributed by atoms with E-state index in [2.05, 4.69) is 0 Å². The van der Waals surface area contributed by atoms with Crippen LogP contribution in [0.25, 0.3) is 0 Å². The van der Waals surface area contributed by atoms with E-state index in [0.29, 0.717) is 5.57 Å². The van der Waals surface area contributed by atoms with Crippen LogP contribution in [-0.2, 0) is 38.1 Å². The van der Waals surface area contributed by atoms with Crippen LogP contribution in [0.4, 0.5) is 0 Å². The molecule has 5 aliphatic heterocycles. The Bertz CT molecular complexity index is 1330. The van der Waals surface area contributed by atoms with Gasteiger partial charge in [-0.3, -0.25) is 14.4 Å². The number of aliphatic hydroxyl groups excluding tert-OH is 1. The zero-order valence-electron chi connectivity index (χ0n) is 21.4. The van der Waals surface area contributed by atoms with Crippen molar-refractivity contribution >= 4 is 23.5 Å². The number of hydrogen-bond donors (Lipinski definition) is 2. The lowest BCUT2D eigenvalue weighted by molar-refractivity contribution is -0.370. The maximum Gasteiger partial charge on any atom is 0.342 e. The van der Waals surface area contributed by atoms with Crippen molar-refractivity contribution in [1.82, 2.24) is 0 Å². The smallest absolute Gasteiger partial charge is 0.342 e. The molecule has 10 heteroatoms. The van der Waals surface area contributed by atoms with Crippen LogP contribution in [0.2, 0.25) is 0 Å². The van der Waals surface area contributed by atoms with E-state index in [4.69, 9.17) is 18.9 Å². The summed E-state index contributed by atoms with van der Waals surface area (Å²) < 4.78 is 25.0. The summed E-state index contributed by atoms with van der Waals surface area (Å²) in [6, 6.07) is 0. The Labute approximate surface area is 218 Å². The summed E-state index contributed by atoms with van der Waals surface area (Å²) in [5.74, 6) is -7.21. The second-order valence-corrected chi connectivity index (χ2v) is 13.2. The van der Waals surface area contributed by atoms with Gasteiger partial charge in [0.05, 0.1) is 30.0 Å². The number of allylic oxidation sites excluding steroid dienone is 2. The average Bonchev–Trinajstić information content (AvgIpc) is 3.16. The molecule has 8 aliphatic rings. The van der Waals surface area contributed by atoms with Gasteiger partial charge in [0.25, 0.3) is 0 Å². The van der Waals surface area contributed by atoms with Gasteiger partial charge in [-0.2, -0.15) is 0 Å². The molecule has 0 radical (unpaired) electrons. The van der Waals surface area contributed by atoms with Crippen LogP contribution in [0.1, 0.15) is 46.5 Å². The Morgan fingerprint density at radius 2 is 1.87 bits per heavy atom. The fourth-order valence-corrected chi connectivity index (χ4v) is 9.89. The molecule has 12 atom stereocenters. The van der Waals surface area contributed by atoms with Crippen molar-refractivity contribution in [1.29, 1.82) is 0 Å². The van der Waals surface area contributed by atoms with E-state index < -0.39 is 87.0 Å². The number of ether oxygens (including phenoxy) is 4. The third kappa shape index (κ3) is 2.03. The molecule has 5 heterocycles. The maximum atomic E-state index is 14.8. The average molecular weight is 527 g/mol. The lowest BCUT2D eigenvalue weighted by atomic mass is 9.46. The number of Topliss-reactive ketones (excluding diaryl/α,β-unsaturated/α-hetero) is 2. The Morgan fingerprint density at radius 3 is 2.63 bits per heavy atom. The predicted octanol–water partition coefficient (Wildman–Crippen LogP) is 0.528. The van der Waals surface area contributed by atoms with Gasteiger partial charge < -0.3 is 29.2 Å². The minimum absolute atomic E-state index is 0.0790. The number of carbonyl (C=O) groups excluding carboxylic acids is 4. The molecule has 5 saturated heterocycles. The summed E-state index contributed by atoms with van der Waals surface area (Å²) in [7, 11) is 0. The Morgan fingerprint density at radius 1 is 1.11 bits per heavy atom. The maximum absolute atomic E-state index is 14.8. The van der Waals surface area contributed by atoms with Crippen molar-refractivity contribution in [3.63, 3.8) is 0 Å². The molecular weight excluding hydrogens is 496 g/mol. The summed E-state index contributed by atoms with van der Waals surface area (Å²) in [6.07, 6.45) is 3.65. The fourth-order valence-electron chi connectivity index (χ4n) is 9.89. The lowest BCUT2D eigenvalue weighted by Crippen LogP contribution is -2.79. The molecular formula is C28H30O10. The van der Waals surface area contributed by atoms with Crippen LogP contribution in [0, 0.1) is 34.5 Å². The molecule has 202 valence electrons. The van der Waals surface area contributed by atoms with Crippen LogP contribution in [-0.4, -0.2) is 75.1 Å². The molecule has 1 saturated carbocycles. The lowest BCUT2D eigenvalue weighted by Gasteiger charge is -2.62. The Balaban J connectivity index is 1.43. The highest BCUT2D eigenvalue weighted by molar-refractivity contribution is 6.00. The first-order chi connectivity index (χ1) is 17.8. The highest BCUT2D eigenvalue weighted by Crippen LogP contribution is 2.74. The standard InChI is InChI=1S/C28H30O10/c1-23-10-18-25(3)28-19(23)20(31)27(38-28,35-11-16(23)21(32)36-18)15-5-4-12-8-13(29)9-17(30)24(12,2)14(15)6-7-26(28,34)22(33)37-25/h4-5,8,13-16,18-19,29,34H,6-7,9-11H2,1-3H3/t13-,14-,15+,16-,18-,19+,23?,24+,25?,26-,27-,28?/m0/s1. The molecule has 10 nitrogen and oxygen atoms in total. The molecule has 3 aliphatic carbocycles. The van der Waals surface area contributed by atoms with E-state index in [9.17, 15) is 29.4 Å². The largest absolute Gasteiger partial charge is 0.458 e. The first-order valence-corrected chi connectivity index (χ1v) is 13.5. The molecule has 0 aromatic heterocycles. The van der Waals surface area contributed by atoms with Gasteiger partial charge in [-0.25, -0.2) is 4.79 Å². The zero-order valence-corrected chi connectivity index (χ0v) is 21.4. The van der Waals surface area contributed by atoms with Gasteiger partial charge in [-0.15, -0.1) is 0 Å². The Hall–Kier alpha value is -2.40. The minimum atomic E-state index is -2.23. The van der Waals surface area contributed by atoms with E-state index >= 15 is 0 Å². The van der Waals surface area contributed by atoms with E-state index in [1.807, 2.05) is 6.92 Å². The van der Waals surface area contributed by atoms with Crippen molar-refractivity contribution in [2.45, 2.75) is 81.3 Å². The van der Waals surface area contributed by atoms with Gasteiger partial charge in [0.1, 0.15) is 11.9 Å². The van der Waals surface area contributed by atoms with Crippen LogP contribution >= 0.6 is 0 Å². The minimum Gasteiger partial charge on any atom is -0.458 e. The highest BCUT2D eigenvalue weighted by Gasteiger charge is 2.93. The van der Waals surface area contributed by atoms with Crippen LogP contribution < -0.4 is 0 Å². The molecule has 2 spiro atoms. The number of carbonyl (C=O) groups is 4. The first-order valence-electron chi connectivity index (χ1n) is 13.5. The topological polar surface area (TPSA) is 146 Å². The molecule has 8 rings (SSSR count). The first kappa shape index (κ1) is 23.5. The number of rotatable bonds is 0. The second-order valence-electron chi connectivity index (χ2n) is 13.2. The van der Waals surface area contributed by atoms with Crippen LogP contribution in [0.3, 0.4) is 0 Å². The van der Waals surface area contributed by atoms with Gasteiger partial charge in [-0.1, -0.05) is 25.2 Å². The summed E-state index contributed by atoms with van der Waals surface area (Å²) in [4.78, 5) is 55.4. The van der Waals surface area contributed by atoms with E-state index in [1.165, 1.54) is 0 Å². The van der Waals surface area contributed by atoms with Gasteiger partial charge in [0, 0.05) is 12.3 Å². The summed E-state index contributed by atoms with van der Waals surface area (Å²) >= 11 is 0. The van der Waals surface area contributed by atoms with Gasteiger partial charge in [-0.05, 0) is 50.0 Å². The van der Waals surface area contributed by atoms with Gasteiger partial charge in [0.2, 0.25) is 5.79 Å². The molecule has 5 bridgehead atoms. The third-order valence-corrected chi connectivity index (χ3v) is 11.9. The highest BCUT2D eigenvalue weighted by atomic mass is 16.8. The van der Waals surface area contributed by atoms with Crippen molar-refractivity contribution in [2.75, 3.05) is 6.61 Å². The van der Waals surface area contributed by atoms with E-state index in [0.717, 1.165) is 0 Å². The van der Waals surface area contributed by atoms with Crippen molar-refractivity contribution in [3.05, 3.63) is 23.8 Å². The van der Waals surface area contributed by atoms with Crippen LogP contribution in [0.15, 0.2) is 23.8 Å². The molecule has 38 heavy (non-hydrogen) atoms. The van der Waals surface area contributed by atoms with Crippen molar-refractivity contribution in [3.8, 4) is 0 Å². The van der Waals surface area contributed by atoms with Crippen LogP contribution in [0.5, 0.6) is 0 Å². The number of hydrogen-bond acceptors (Lipinski definition) is 10. The number of fused-ring (bicyclic) bond motifs is 5. The monoisotopic (exact) mass is 526 g/mol. The zero-order chi connectivity index (χ0) is 26.8. The molecule has 6 fully saturated rings. The van der Waals surface area contributed by atoms with Gasteiger partial charge >= 0.3 is 11.9 Å². The molecule has 0 aromatic rings. The normalized spacial score (nSPS) is 59.2. The predicted molar refractivity (Wildman–Crippen MR) is 124 cm³/mol. The Kier molecular flexibility index (Phi) is 3.91. The SMILES string of the molecule is CC12C[C@@H]3OC(=O)[C@@H]1CO[C@@]14OC5([C@@H]2C1=O)C3(C)OC(=O)[C@@]5(O)CC[C@H]1[C@H]4C=CC2=C[C@H](O)CC(=O)[C@]21C. The van der Waals surface area contributed by atoms with Crippen molar-refractivity contribution < 1.29 is 48.3 Å². The number of esters is 2. The third-order valence-electron chi connectivity index (χ3n) is 11.9. The van der Waals surface area contributed by atoms with Gasteiger partial charge in [0.15, 0.2) is 22.6 Å². The summed E-state index contributed by atoms with van der Waals surface area (Å²) in [5, 5.41) is 22.7. The quantitative estimate of drug-likeness (QED) is 0.429.